The molecule has 4 rings (SSSR count). The Hall–Kier alpha value is -1.29. The first-order valence-corrected chi connectivity index (χ1v) is 9.30. The number of rotatable bonds is 3. The van der Waals surface area contributed by atoms with Crippen LogP contribution in [-0.4, -0.2) is 23.3 Å². The smallest absolute Gasteiger partial charge is 0.374 e. The van der Waals surface area contributed by atoms with Crippen LogP contribution in [0.4, 0.5) is 0 Å². The van der Waals surface area contributed by atoms with Crippen molar-refractivity contribution in [1.82, 2.24) is 0 Å². The van der Waals surface area contributed by atoms with E-state index in [0.717, 1.165) is 18.8 Å². The molecule has 24 heavy (non-hydrogen) atoms. The Morgan fingerprint density at radius 2 is 2.12 bits per heavy atom. The molecule has 0 aromatic carbocycles. The average Bonchev–Trinajstić information content (AvgIpc) is 3.21. The number of furan rings is 1. The lowest BCUT2D eigenvalue weighted by Crippen LogP contribution is -2.53. The summed E-state index contributed by atoms with van der Waals surface area (Å²) < 4.78 is 17.9. The fourth-order valence-electron chi connectivity index (χ4n) is 5.55. The second-order valence-electron chi connectivity index (χ2n) is 8.61. The lowest BCUT2D eigenvalue weighted by Gasteiger charge is -2.48. The van der Waals surface area contributed by atoms with Crippen LogP contribution in [0.1, 0.15) is 63.9 Å². The molecule has 0 N–H and O–H groups in total. The Balaban J connectivity index is 1.65. The molecule has 2 bridgehead atoms. The van der Waals surface area contributed by atoms with E-state index in [1.807, 2.05) is 0 Å². The van der Waals surface area contributed by atoms with Gasteiger partial charge in [0.05, 0.1) is 11.9 Å². The quantitative estimate of drug-likeness (QED) is 0.768. The highest BCUT2D eigenvalue weighted by atomic mass is 16.6. The van der Waals surface area contributed by atoms with Gasteiger partial charge in [0.1, 0.15) is 11.7 Å². The first kappa shape index (κ1) is 16.2. The van der Waals surface area contributed by atoms with Crippen LogP contribution in [0.3, 0.4) is 0 Å². The molecule has 1 aromatic rings. The van der Waals surface area contributed by atoms with Crippen molar-refractivity contribution in [1.29, 1.82) is 0 Å². The van der Waals surface area contributed by atoms with Gasteiger partial charge in [0.2, 0.25) is 5.76 Å². The number of ether oxygens (including phenoxy) is 2. The largest absolute Gasteiger partial charge is 0.457 e. The van der Waals surface area contributed by atoms with Gasteiger partial charge in [0, 0.05) is 6.42 Å². The summed E-state index contributed by atoms with van der Waals surface area (Å²) in [4.78, 5) is 12.5. The van der Waals surface area contributed by atoms with Crippen molar-refractivity contribution in [3.8, 4) is 0 Å². The third kappa shape index (κ3) is 2.18. The summed E-state index contributed by atoms with van der Waals surface area (Å²) in [5.41, 5.74) is -0.539. The van der Waals surface area contributed by atoms with E-state index in [2.05, 4.69) is 27.7 Å². The summed E-state index contributed by atoms with van der Waals surface area (Å²) >= 11 is 0. The van der Waals surface area contributed by atoms with Gasteiger partial charge in [-0.1, -0.05) is 27.2 Å². The molecular formula is C20H28O4. The van der Waals surface area contributed by atoms with Gasteiger partial charge < -0.3 is 13.9 Å². The van der Waals surface area contributed by atoms with E-state index in [1.54, 1.807) is 12.1 Å². The zero-order valence-electron chi connectivity index (χ0n) is 15.1. The van der Waals surface area contributed by atoms with Gasteiger partial charge in [-0.05, 0) is 55.6 Å². The SMILES string of the molecule is CC1CCC2C1CC1(C(C)C)CC(OC(=O)c3ccco3)C2(C)O1. The second-order valence-corrected chi connectivity index (χ2v) is 8.61. The van der Waals surface area contributed by atoms with Crippen molar-refractivity contribution in [2.75, 3.05) is 0 Å². The fourth-order valence-corrected chi connectivity index (χ4v) is 5.55. The van der Waals surface area contributed by atoms with Crippen LogP contribution in [0.15, 0.2) is 22.8 Å². The van der Waals surface area contributed by atoms with E-state index in [-0.39, 0.29) is 29.0 Å². The Morgan fingerprint density at radius 1 is 1.33 bits per heavy atom. The molecule has 6 unspecified atom stereocenters. The fraction of sp³-hybridized carbons (Fsp3) is 0.750. The zero-order valence-corrected chi connectivity index (χ0v) is 15.1. The molecule has 1 aliphatic carbocycles. The van der Waals surface area contributed by atoms with E-state index in [0.29, 0.717) is 17.8 Å². The van der Waals surface area contributed by atoms with Gasteiger partial charge in [-0.3, -0.25) is 0 Å². The molecule has 132 valence electrons. The van der Waals surface area contributed by atoms with Crippen molar-refractivity contribution in [2.45, 2.75) is 70.7 Å². The van der Waals surface area contributed by atoms with E-state index < -0.39 is 0 Å². The minimum atomic E-state index is -0.375. The monoisotopic (exact) mass is 332 g/mol. The van der Waals surface area contributed by atoms with Crippen molar-refractivity contribution >= 4 is 5.97 Å². The van der Waals surface area contributed by atoms with Gasteiger partial charge in [0.25, 0.3) is 0 Å². The Morgan fingerprint density at radius 3 is 2.79 bits per heavy atom. The maximum atomic E-state index is 12.5. The summed E-state index contributed by atoms with van der Waals surface area (Å²) in [5, 5.41) is 0. The van der Waals surface area contributed by atoms with Gasteiger partial charge in [-0.15, -0.1) is 0 Å². The number of carbonyl (C=O) groups is 1. The first-order valence-electron chi connectivity index (χ1n) is 9.30. The molecular weight excluding hydrogens is 304 g/mol. The summed E-state index contributed by atoms with van der Waals surface area (Å²) in [5.74, 6) is 2.21. The summed E-state index contributed by atoms with van der Waals surface area (Å²) in [6.45, 7) is 9.01. The molecule has 2 aliphatic heterocycles. The standard InChI is InChI=1S/C20H28O4/c1-12(2)20-10-14-13(3)7-8-15(14)19(4,24-20)17(11-20)23-18(21)16-6-5-9-22-16/h5-6,9,12-15,17H,7-8,10-11H2,1-4H3. The highest BCUT2D eigenvalue weighted by Crippen LogP contribution is 2.62. The number of hydrogen-bond donors (Lipinski definition) is 0. The highest BCUT2D eigenvalue weighted by Gasteiger charge is 2.66. The number of carbonyl (C=O) groups excluding carboxylic acids is 1. The van der Waals surface area contributed by atoms with Crippen molar-refractivity contribution < 1.29 is 18.7 Å². The van der Waals surface area contributed by atoms with Crippen LogP contribution in [0.5, 0.6) is 0 Å². The molecule has 0 amide bonds. The molecule has 0 radical (unpaired) electrons. The molecule has 1 aromatic heterocycles. The van der Waals surface area contributed by atoms with E-state index in [1.165, 1.54) is 19.1 Å². The molecule has 2 saturated heterocycles. The maximum Gasteiger partial charge on any atom is 0.374 e. The van der Waals surface area contributed by atoms with Crippen LogP contribution in [0.25, 0.3) is 0 Å². The summed E-state index contributed by atoms with van der Waals surface area (Å²) in [6, 6.07) is 3.37. The third-order valence-corrected chi connectivity index (χ3v) is 7.12. The molecule has 6 atom stereocenters. The predicted molar refractivity (Wildman–Crippen MR) is 89.6 cm³/mol. The highest BCUT2D eigenvalue weighted by molar-refractivity contribution is 5.86. The van der Waals surface area contributed by atoms with Crippen LogP contribution < -0.4 is 0 Å². The van der Waals surface area contributed by atoms with Gasteiger partial charge in [0.15, 0.2) is 0 Å². The lowest BCUT2D eigenvalue weighted by molar-refractivity contribution is -0.209. The second kappa shape index (κ2) is 5.35. The molecule has 1 saturated carbocycles. The van der Waals surface area contributed by atoms with E-state index in [9.17, 15) is 4.79 Å². The van der Waals surface area contributed by atoms with Crippen LogP contribution in [0.2, 0.25) is 0 Å². The molecule has 3 aliphatic rings. The minimum Gasteiger partial charge on any atom is -0.457 e. The Labute approximate surface area is 143 Å². The molecule has 4 heteroatoms. The van der Waals surface area contributed by atoms with Crippen molar-refractivity contribution in [3.63, 3.8) is 0 Å². The van der Waals surface area contributed by atoms with Crippen LogP contribution in [0, 0.1) is 23.7 Å². The Bertz CT molecular complexity index is 622. The Kier molecular flexibility index (Phi) is 3.61. The third-order valence-electron chi connectivity index (χ3n) is 7.12. The van der Waals surface area contributed by atoms with Crippen molar-refractivity contribution in [3.05, 3.63) is 24.2 Å². The topological polar surface area (TPSA) is 48.7 Å². The van der Waals surface area contributed by atoms with E-state index >= 15 is 0 Å². The lowest BCUT2D eigenvalue weighted by atomic mass is 9.72. The average molecular weight is 332 g/mol. The molecule has 3 fully saturated rings. The number of esters is 1. The number of fused-ring (bicyclic) bond motifs is 4. The maximum absolute atomic E-state index is 12.5. The molecule has 4 nitrogen and oxygen atoms in total. The number of hydrogen-bond acceptors (Lipinski definition) is 4. The molecule has 3 heterocycles. The van der Waals surface area contributed by atoms with E-state index in [4.69, 9.17) is 13.9 Å². The first-order chi connectivity index (χ1) is 11.4. The van der Waals surface area contributed by atoms with Crippen LogP contribution >= 0.6 is 0 Å². The van der Waals surface area contributed by atoms with Gasteiger partial charge in [-0.2, -0.15) is 0 Å². The summed E-state index contributed by atoms with van der Waals surface area (Å²) in [6.07, 6.45) is 5.63. The molecule has 0 spiro atoms. The normalized spacial score (nSPS) is 43.9. The van der Waals surface area contributed by atoms with Crippen LogP contribution in [-0.2, 0) is 9.47 Å². The minimum absolute atomic E-state index is 0.164. The predicted octanol–water partition coefficient (Wildman–Crippen LogP) is 4.44. The summed E-state index contributed by atoms with van der Waals surface area (Å²) in [7, 11) is 0. The zero-order chi connectivity index (χ0) is 17.1. The van der Waals surface area contributed by atoms with Gasteiger partial charge >= 0.3 is 5.97 Å². The van der Waals surface area contributed by atoms with Gasteiger partial charge in [-0.25, -0.2) is 4.79 Å². The van der Waals surface area contributed by atoms with Crippen molar-refractivity contribution in [2.24, 2.45) is 23.7 Å².